The number of nitrogens with one attached hydrogen (secondary N) is 2. The van der Waals surface area contributed by atoms with E-state index >= 15 is 0 Å². The number of aldehydes is 2. The highest BCUT2D eigenvalue weighted by Crippen LogP contribution is 2.49. The van der Waals surface area contributed by atoms with E-state index in [0.717, 1.165) is 5.56 Å². The maximum Gasteiger partial charge on any atom is 0.220 e. The summed E-state index contributed by atoms with van der Waals surface area (Å²) in [6.07, 6.45) is 2.00. The van der Waals surface area contributed by atoms with Crippen molar-refractivity contribution < 1.29 is 67.3 Å². The van der Waals surface area contributed by atoms with Crippen LogP contribution in [-0.2, 0) is 39.7 Å². The number of phenols is 1. The lowest BCUT2D eigenvalue weighted by molar-refractivity contribution is -0.127. The largest absolute Gasteiger partial charge is 0.504 e. The van der Waals surface area contributed by atoms with E-state index in [1.165, 1.54) is 38.5 Å². The molecule has 17 nitrogen and oxygen atoms in total. The summed E-state index contributed by atoms with van der Waals surface area (Å²) in [4.78, 5) is 60.2. The Morgan fingerprint density at radius 2 is 1.36 bits per heavy atom. The first-order chi connectivity index (χ1) is 28.7. The molecule has 0 heterocycles. The van der Waals surface area contributed by atoms with Crippen LogP contribution < -0.4 is 30.3 Å². The molecule has 0 saturated heterocycles. The number of hydrogen-bond donors (Lipinski definition) is 4. The first-order valence-corrected chi connectivity index (χ1v) is 19.2. The molecule has 3 aromatic carbocycles. The predicted molar refractivity (Wildman–Crippen MR) is 213 cm³/mol. The van der Waals surface area contributed by atoms with Crippen LogP contribution in [0.3, 0.4) is 0 Å². The Hall–Kier alpha value is -5.59. The lowest BCUT2D eigenvalue weighted by Crippen LogP contribution is -2.32. The summed E-state index contributed by atoms with van der Waals surface area (Å²) in [7, 11) is 2.83. The summed E-state index contributed by atoms with van der Waals surface area (Å²) in [6, 6.07) is 9.71. The highest BCUT2D eigenvalue weighted by molar-refractivity contribution is 5.86. The summed E-state index contributed by atoms with van der Waals surface area (Å²) in [5, 5.41) is 26.7. The highest BCUT2D eigenvalue weighted by atomic mass is 16.6. The van der Waals surface area contributed by atoms with E-state index in [1.807, 2.05) is 0 Å². The van der Waals surface area contributed by atoms with E-state index in [2.05, 4.69) is 10.6 Å². The van der Waals surface area contributed by atoms with Gasteiger partial charge in [0, 0.05) is 30.5 Å². The van der Waals surface area contributed by atoms with Crippen LogP contribution in [0.5, 0.6) is 28.7 Å². The number of methoxy groups -OCH3 is 2. The summed E-state index contributed by atoms with van der Waals surface area (Å²) in [5.41, 5.74) is 2.34. The van der Waals surface area contributed by atoms with Gasteiger partial charge in [-0.1, -0.05) is 12.1 Å². The third kappa shape index (κ3) is 14.3. The standard InChI is InChI=1S/C42H52N2O15/c1-52-37-24-29-5-7-33(32-25-35(48)34(47)8-6-31(32)40(29)42(53-2)41(37)51)44-39(50)10-9-38(49)43-11-12-54-13-14-55-15-16-56-17-18-57-19-20-58-21-22-59-36-23-28(26-45)3-4-30(36)27-46/h3-4,6,8,23-27,33,51H,5,7,9-22H2,1-2H3,(H,43,49)(H,44,50)(H,47,48). The maximum absolute atomic E-state index is 13.0. The molecule has 4 rings (SSSR count). The van der Waals surface area contributed by atoms with E-state index in [9.17, 15) is 34.2 Å². The molecule has 1 unspecified atom stereocenters. The molecule has 59 heavy (non-hydrogen) atoms. The van der Waals surface area contributed by atoms with Crippen LogP contribution >= 0.6 is 0 Å². The molecular weight excluding hydrogens is 772 g/mol. The zero-order valence-corrected chi connectivity index (χ0v) is 33.3. The number of fused-ring (bicyclic) bond motifs is 3. The van der Waals surface area contributed by atoms with E-state index in [0.29, 0.717) is 112 Å². The van der Waals surface area contributed by atoms with E-state index in [4.69, 9.17) is 37.9 Å². The minimum absolute atomic E-state index is 0.0658. The molecule has 0 bridgehead atoms. The van der Waals surface area contributed by atoms with Crippen LogP contribution in [0.4, 0.5) is 0 Å². The zero-order valence-electron chi connectivity index (χ0n) is 33.3. The first kappa shape index (κ1) is 46.1. The molecule has 4 N–H and O–H groups in total. The lowest BCUT2D eigenvalue weighted by atomic mass is 9.95. The quantitative estimate of drug-likeness (QED) is 0.0641. The van der Waals surface area contributed by atoms with Gasteiger partial charge in [-0.25, -0.2) is 0 Å². The first-order valence-electron chi connectivity index (χ1n) is 19.2. The van der Waals surface area contributed by atoms with Gasteiger partial charge < -0.3 is 58.7 Å². The fourth-order valence-electron chi connectivity index (χ4n) is 6.16. The number of rotatable bonds is 27. The lowest BCUT2D eigenvalue weighted by Gasteiger charge is -2.19. The molecule has 0 radical (unpaired) electrons. The van der Waals surface area contributed by atoms with Gasteiger partial charge in [-0.3, -0.25) is 24.0 Å². The second kappa shape index (κ2) is 25.0. The molecule has 0 aliphatic heterocycles. The van der Waals surface area contributed by atoms with Gasteiger partial charge in [-0.2, -0.15) is 0 Å². The Labute approximate surface area is 341 Å². The number of phenolic OH excluding ortho intramolecular Hbond substituents is 1. The van der Waals surface area contributed by atoms with Crippen molar-refractivity contribution in [3.05, 3.63) is 74.9 Å². The topological polar surface area (TPSA) is 224 Å². The summed E-state index contributed by atoms with van der Waals surface area (Å²) >= 11 is 0. The van der Waals surface area contributed by atoms with Gasteiger partial charge in [0.15, 0.2) is 23.5 Å². The van der Waals surface area contributed by atoms with Crippen LogP contribution in [0.15, 0.2) is 47.3 Å². The smallest absolute Gasteiger partial charge is 0.220 e. The van der Waals surface area contributed by atoms with Gasteiger partial charge in [0.2, 0.25) is 23.0 Å². The van der Waals surface area contributed by atoms with Crippen LogP contribution in [-0.4, -0.2) is 128 Å². The molecule has 0 spiro atoms. The number of carbonyl (C=O) groups excluding carboxylic acids is 4. The van der Waals surface area contributed by atoms with E-state index in [-0.39, 0.29) is 62.4 Å². The van der Waals surface area contributed by atoms with Crippen LogP contribution in [0.2, 0.25) is 0 Å². The molecule has 1 atom stereocenters. The fraction of sp³-hybridized carbons (Fsp3) is 0.452. The average molecular weight is 825 g/mol. The molecule has 0 aromatic heterocycles. The Balaban J connectivity index is 1.02. The summed E-state index contributed by atoms with van der Waals surface area (Å²) in [5.74, 6) is -0.735. The minimum atomic E-state index is -0.639. The van der Waals surface area contributed by atoms with Gasteiger partial charge in [0.05, 0.1) is 91.9 Å². The van der Waals surface area contributed by atoms with Crippen LogP contribution in [0.1, 0.15) is 57.1 Å². The molecule has 320 valence electrons. The second-order valence-electron chi connectivity index (χ2n) is 13.0. The molecule has 2 amide bonds. The average Bonchev–Trinajstić information content (AvgIpc) is 3.47. The number of aryl methyl sites for hydroxylation is 1. The fourth-order valence-corrected chi connectivity index (χ4v) is 6.16. The van der Waals surface area contributed by atoms with Gasteiger partial charge in [0.25, 0.3) is 0 Å². The van der Waals surface area contributed by atoms with Crippen molar-refractivity contribution in [1.29, 1.82) is 0 Å². The van der Waals surface area contributed by atoms with Gasteiger partial charge in [-0.15, -0.1) is 0 Å². The number of carbonyl (C=O) groups is 4. The SMILES string of the molecule is COc1cc2c(c(OC)c1O)-c1ccc(O)c(=O)cc1C(NC(=O)CCC(=O)NCCOCCOCCOCCOCCOCCOc1cc(C=O)ccc1C=O)CC2. The molecular formula is C42H52N2O15. The van der Waals surface area contributed by atoms with Crippen molar-refractivity contribution in [1.82, 2.24) is 10.6 Å². The number of aromatic hydroxyl groups is 2. The van der Waals surface area contributed by atoms with Crippen molar-refractivity contribution in [2.24, 2.45) is 0 Å². The zero-order chi connectivity index (χ0) is 42.4. The maximum atomic E-state index is 13.0. The van der Waals surface area contributed by atoms with Crippen LogP contribution in [0, 0.1) is 0 Å². The second-order valence-corrected chi connectivity index (χ2v) is 13.0. The monoisotopic (exact) mass is 824 g/mol. The Kier molecular flexibility index (Phi) is 19.5. The Morgan fingerprint density at radius 1 is 0.729 bits per heavy atom. The number of hydrogen-bond acceptors (Lipinski definition) is 15. The van der Waals surface area contributed by atoms with E-state index in [1.54, 1.807) is 18.2 Å². The molecule has 1 aliphatic carbocycles. The minimum Gasteiger partial charge on any atom is -0.504 e. The van der Waals surface area contributed by atoms with Crippen molar-refractivity contribution in [3.8, 4) is 39.9 Å². The van der Waals surface area contributed by atoms with Gasteiger partial charge in [0.1, 0.15) is 18.6 Å². The Bertz CT molecular complexity index is 1920. The van der Waals surface area contributed by atoms with Crippen molar-refractivity contribution in [2.75, 3.05) is 93.4 Å². The summed E-state index contributed by atoms with van der Waals surface area (Å²) in [6.45, 7) is 3.94. The number of ether oxygens (including phenoxy) is 8. The molecule has 0 saturated carbocycles. The van der Waals surface area contributed by atoms with E-state index < -0.39 is 23.1 Å². The number of benzene rings is 2. The highest BCUT2D eigenvalue weighted by Gasteiger charge is 2.29. The van der Waals surface area contributed by atoms with Crippen molar-refractivity contribution >= 4 is 24.4 Å². The molecule has 0 fully saturated rings. The molecule has 1 aliphatic rings. The molecule has 3 aromatic rings. The van der Waals surface area contributed by atoms with Crippen LogP contribution in [0.25, 0.3) is 11.1 Å². The predicted octanol–water partition coefficient (Wildman–Crippen LogP) is 2.93. The Morgan fingerprint density at radius 3 is 1.97 bits per heavy atom. The van der Waals surface area contributed by atoms with Crippen molar-refractivity contribution in [2.45, 2.75) is 31.7 Å². The van der Waals surface area contributed by atoms with Gasteiger partial charge >= 0.3 is 0 Å². The summed E-state index contributed by atoms with van der Waals surface area (Å²) < 4.78 is 43.7. The van der Waals surface area contributed by atoms with Crippen molar-refractivity contribution in [3.63, 3.8) is 0 Å². The molecule has 17 heteroatoms. The third-order valence-corrected chi connectivity index (χ3v) is 9.09. The number of amides is 2. The van der Waals surface area contributed by atoms with Gasteiger partial charge in [-0.05, 0) is 59.9 Å². The normalized spacial score (nSPS) is 13.0. The third-order valence-electron chi connectivity index (χ3n) is 9.09.